The molecule has 0 atom stereocenters. The van der Waals surface area contributed by atoms with E-state index in [2.05, 4.69) is 23.7 Å². The van der Waals surface area contributed by atoms with Crippen molar-refractivity contribution in [1.82, 2.24) is 10.2 Å². The fraction of sp³-hybridized carbons (Fsp3) is 0.818. The first kappa shape index (κ1) is 10.7. The van der Waals surface area contributed by atoms with Gasteiger partial charge in [-0.3, -0.25) is 0 Å². The van der Waals surface area contributed by atoms with Crippen LogP contribution in [0.2, 0.25) is 0 Å². The molecule has 0 amide bonds. The van der Waals surface area contributed by atoms with Crippen LogP contribution in [0.25, 0.3) is 0 Å². The maximum Gasteiger partial charge on any atom is 0.0132 e. The molecular weight excluding hydrogens is 160 g/mol. The first-order valence-electron chi connectivity index (χ1n) is 5.40. The van der Waals surface area contributed by atoms with E-state index in [-0.39, 0.29) is 0 Å². The van der Waals surface area contributed by atoms with Gasteiger partial charge in [0, 0.05) is 6.54 Å². The lowest BCUT2D eigenvalue weighted by Gasteiger charge is -2.31. The zero-order chi connectivity index (χ0) is 9.52. The van der Waals surface area contributed by atoms with Gasteiger partial charge in [0.2, 0.25) is 0 Å². The zero-order valence-corrected chi connectivity index (χ0v) is 8.76. The number of hydrogen-bond donors (Lipinski definition) is 1. The van der Waals surface area contributed by atoms with Gasteiger partial charge in [-0.05, 0) is 44.9 Å². The fourth-order valence-electron chi connectivity index (χ4n) is 1.90. The van der Waals surface area contributed by atoms with Gasteiger partial charge in [-0.2, -0.15) is 0 Å². The monoisotopic (exact) mass is 182 g/mol. The normalized spacial score (nSPS) is 20.4. The molecule has 0 aromatic heterocycles. The zero-order valence-electron chi connectivity index (χ0n) is 8.76. The van der Waals surface area contributed by atoms with Crippen molar-refractivity contribution < 1.29 is 0 Å². The molecule has 0 aromatic rings. The SMILES string of the molecule is C=CCNCC1CCN(CC)CC1. The van der Waals surface area contributed by atoms with Gasteiger partial charge < -0.3 is 10.2 Å². The van der Waals surface area contributed by atoms with Crippen LogP contribution in [-0.2, 0) is 0 Å². The van der Waals surface area contributed by atoms with Crippen molar-refractivity contribution in [1.29, 1.82) is 0 Å². The smallest absolute Gasteiger partial charge is 0.0132 e. The predicted octanol–water partition coefficient (Wildman–Crippen LogP) is 1.49. The lowest BCUT2D eigenvalue weighted by Crippen LogP contribution is -2.37. The van der Waals surface area contributed by atoms with Crippen molar-refractivity contribution in [3.8, 4) is 0 Å². The van der Waals surface area contributed by atoms with Crippen molar-refractivity contribution in [3.63, 3.8) is 0 Å². The number of nitrogens with one attached hydrogen (secondary N) is 1. The quantitative estimate of drug-likeness (QED) is 0.512. The second-order valence-corrected chi connectivity index (χ2v) is 3.82. The number of hydrogen-bond acceptors (Lipinski definition) is 2. The van der Waals surface area contributed by atoms with Crippen LogP contribution in [0.5, 0.6) is 0 Å². The third kappa shape index (κ3) is 3.92. The van der Waals surface area contributed by atoms with Crippen LogP contribution in [0.1, 0.15) is 19.8 Å². The lowest BCUT2D eigenvalue weighted by molar-refractivity contribution is 0.191. The molecule has 0 spiro atoms. The van der Waals surface area contributed by atoms with E-state index in [1.165, 1.54) is 39.0 Å². The number of rotatable bonds is 5. The van der Waals surface area contributed by atoms with Crippen LogP contribution in [0.15, 0.2) is 12.7 Å². The molecule has 0 saturated carbocycles. The number of likely N-dealkylation sites (tertiary alicyclic amines) is 1. The van der Waals surface area contributed by atoms with Crippen molar-refractivity contribution in [2.75, 3.05) is 32.7 Å². The average Bonchev–Trinajstić information content (AvgIpc) is 2.19. The Morgan fingerprint density at radius 1 is 1.46 bits per heavy atom. The van der Waals surface area contributed by atoms with Crippen LogP contribution in [0, 0.1) is 5.92 Å². The average molecular weight is 182 g/mol. The maximum absolute atomic E-state index is 3.70. The van der Waals surface area contributed by atoms with Gasteiger partial charge in [0.25, 0.3) is 0 Å². The highest BCUT2D eigenvalue weighted by Crippen LogP contribution is 2.15. The summed E-state index contributed by atoms with van der Waals surface area (Å²) in [5.41, 5.74) is 0. The second-order valence-electron chi connectivity index (χ2n) is 3.82. The molecule has 1 aliphatic heterocycles. The molecule has 1 heterocycles. The van der Waals surface area contributed by atoms with Crippen molar-refractivity contribution in [3.05, 3.63) is 12.7 Å². The van der Waals surface area contributed by atoms with Gasteiger partial charge in [-0.25, -0.2) is 0 Å². The molecule has 0 radical (unpaired) electrons. The van der Waals surface area contributed by atoms with Crippen LogP contribution < -0.4 is 5.32 Å². The van der Waals surface area contributed by atoms with Crippen LogP contribution in [-0.4, -0.2) is 37.6 Å². The molecule has 2 heteroatoms. The molecule has 1 fully saturated rings. The molecule has 1 N–H and O–H groups in total. The second kappa shape index (κ2) is 6.17. The standard InChI is InChI=1S/C11H22N2/c1-3-7-12-10-11-5-8-13(4-2)9-6-11/h3,11-12H,1,4-10H2,2H3. The van der Waals surface area contributed by atoms with Gasteiger partial charge in [0.15, 0.2) is 0 Å². The molecule has 1 rings (SSSR count). The molecule has 2 nitrogen and oxygen atoms in total. The van der Waals surface area contributed by atoms with E-state index < -0.39 is 0 Å². The van der Waals surface area contributed by atoms with Crippen LogP contribution >= 0.6 is 0 Å². The molecule has 0 unspecified atom stereocenters. The number of nitrogens with zero attached hydrogens (tertiary/aromatic N) is 1. The Morgan fingerprint density at radius 3 is 2.69 bits per heavy atom. The Bertz CT molecular complexity index is 137. The minimum atomic E-state index is 0.891. The maximum atomic E-state index is 3.70. The highest BCUT2D eigenvalue weighted by molar-refractivity contribution is 4.75. The van der Waals surface area contributed by atoms with E-state index in [0.717, 1.165) is 12.5 Å². The minimum absolute atomic E-state index is 0.891. The molecule has 1 saturated heterocycles. The van der Waals surface area contributed by atoms with E-state index >= 15 is 0 Å². The summed E-state index contributed by atoms with van der Waals surface area (Å²) in [6, 6.07) is 0. The highest BCUT2D eigenvalue weighted by Gasteiger charge is 2.16. The van der Waals surface area contributed by atoms with E-state index in [1.807, 2.05) is 6.08 Å². The predicted molar refractivity (Wildman–Crippen MR) is 57.9 cm³/mol. The van der Waals surface area contributed by atoms with Crippen molar-refractivity contribution >= 4 is 0 Å². The van der Waals surface area contributed by atoms with Gasteiger partial charge in [-0.15, -0.1) is 6.58 Å². The Morgan fingerprint density at radius 2 is 2.15 bits per heavy atom. The topological polar surface area (TPSA) is 15.3 Å². The van der Waals surface area contributed by atoms with E-state index in [1.54, 1.807) is 0 Å². The fourth-order valence-corrected chi connectivity index (χ4v) is 1.90. The third-order valence-electron chi connectivity index (χ3n) is 2.88. The summed E-state index contributed by atoms with van der Waals surface area (Å²) < 4.78 is 0. The summed E-state index contributed by atoms with van der Waals surface area (Å²) in [5.74, 6) is 0.891. The van der Waals surface area contributed by atoms with E-state index in [4.69, 9.17) is 0 Å². The third-order valence-corrected chi connectivity index (χ3v) is 2.88. The molecule has 1 aliphatic rings. The van der Waals surface area contributed by atoms with Crippen molar-refractivity contribution in [2.45, 2.75) is 19.8 Å². The van der Waals surface area contributed by atoms with Gasteiger partial charge in [0.1, 0.15) is 0 Å². The molecular formula is C11H22N2. The van der Waals surface area contributed by atoms with E-state index in [9.17, 15) is 0 Å². The number of piperidine rings is 1. The first-order valence-corrected chi connectivity index (χ1v) is 5.40. The Hall–Kier alpha value is -0.340. The van der Waals surface area contributed by atoms with Crippen LogP contribution in [0.3, 0.4) is 0 Å². The Balaban J connectivity index is 2.06. The summed E-state index contributed by atoms with van der Waals surface area (Å²) in [5, 5.41) is 3.40. The van der Waals surface area contributed by atoms with Crippen molar-refractivity contribution in [2.24, 2.45) is 5.92 Å². The molecule has 0 aromatic carbocycles. The summed E-state index contributed by atoms with van der Waals surface area (Å²) in [6.45, 7) is 11.9. The largest absolute Gasteiger partial charge is 0.313 e. The summed E-state index contributed by atoms with van der Waals surface area (Å²) >= 11 is 0. The molecule has 76 valence electrons. The summed E-state index contributed by atoms with van der Waals surface area (Å²) in [4.78, 5) is 2.53. The Labute approximate surface area is 82.0 Å². The van der Waals surface area contributed by atoms with Gasteiger partial charge >= 0.3 is 0 Å². The van der Waals surface area contributed by atoms with Gasteiger partial charge in [0.05, 0.1) is 0 Å². The summed E-state index contributed by atoms with van der Waals surface area (Å²) in [7, 11) is 0. The van der Waals surface area contributed by atoms with Crippen LogP contribution in [0.4, 0.5) is 0 Å². The molecule has 0 bridgehead atoms. The molecule has 0 aliphatic carbocycles. The minimum Gasteiger partial charge on any atom is -0.313 e. The van der Waals surface area contributed by atoms with E-state index in [0.29, 0.717) is 0 Å². The molecule has 13 heavy (non-hydrogen) atoms. The highest BCUT2D eigenvalue weighted by atomic mass is 15.1. The summed E-state index contributed by atoms with van der Waals surface area (Å²) in [6.07, 6.45) is 4.65. The van der Waals surface area contributed by atoms with Gasteiger partial charge in [-0.1, -0.05) is 13.0 Å². The first-order chi connectivity index (χ1) is 6.36. The lowest BCUT2D eigenvalue weighted by atomic mass is 9.97. The Kier molecular flexibility index (Phi) is 5.09.